The fourth-order valence-electron chi connectivity index (χ4n) is 11.2. The van der Waals surface area contributed by atoms with Crippen LogP contribution in [0.3, 0.4) is 0 Å². The molecule has 0 bridgehead atoms. The van der Waals surface area contributed by atoms with Crippen LogP contribution in [0.1, 0.15) is 16.7 Å². The van der Waals surface area contributed by atoms with Gasteiger partial charge in [-0.3, -0.25) is 18.2 Å². The number of aryl methyl sites for hydroxylation is 2. The van der Waals surface area contributed by atoms with Crippen LogP contribution >= 0.6 is 0 Å². The first-order chi connectivity index (χ1) is 44.3. The number of benzene rings is 11. The van der Waals surface area contributed by atoms with Crippen LogP contribution in [-0.4, -0.2) is 67.4 Å². The van der Waals surface area contributed by atoms with Crippen molar-refractivity contribution in [3.63, 3.8) is 0 Å². The van der Waals surface area contributed by atoms with Gasteiger partial charge in [0.15, 0.2) is 0 Å². The Balaban J connectivity index is 1.21. The molecule has 0 amide bonds. The molecule has 94 heavy (non-hydrogen) atoms. The molecule has 0 spiro atoms. The van der Waals surface area contributed by atoms with Crippen LogP contribution in [-0.2, 0) is 56.5 Å². The van der Waals surface area contributed by atoms with E-state index in [1.54, 1.807) is 72.8 Å². The molecule has 24 heteroatoms. The molecule has 0 aromatic heterocycles. The molecule has 0 saturated carbocycles. The van der Waals surface area contributed by atoms with Crippen molar-refractivity contribution in [1.82, 2.24) is 0 Å². The van der Waals surface area contributed by atoms with Gasteiger partial charge >= 0.3 is 6.18 Å². The number of halogens is 3. The van der Waals surface area contributed by atoms with Crippen LogP contribution in [0.4, 0.5) is 13.2 Å². The average Bonchev–Trinajstić information content (AvgIpc) is 0.710. The summed E-state index contributed by atoms with van der Waals surface area (Å²) in [7, 11) is -24.6. The van der Waals surface area contributed by atoms with Crippen LogP contribution in [0.25, 0.3) is 89.0 Å². The first-order valence-corrected chi connectivity index (χ1v) is 35.3. The summed E-state index contributed by atoms with van der Waals surface area (Å²) in [6.07, 6.45) is -5.05. The highest BCUT2D eigenvalue weighted by Crippen LogP contribution is 2.57. The van der Waals surface area contributed by atoms with Gasteiger partial charge in [-0.1, -0.05) is 146 Å². The summed E-state index contributed by atoms with van der Waals surface area (Å²) >= 11 is 0. The van der Waals surface area contributed by atoms with Crippen molar-refractivity contribution in [2.75, 3.05) is 7.11 Å². The molecular weight excluding hydrogens is 1310 g/mol. The summed E-state index contributed by atoms with van der Waals surface area (Å²) in [5, 5.41) is 0. The molecule has 11 aromatic rings. The second-order valence-corrected chi connectivity index (χ2v) is 29.1. The molecule has 0 saturated heterocycles. The van der Waals surface area contributed by atoms with Crippen molar-refractivity contribution in [1.29, 1.82) is 0 Å². The van der Waals surface area contributed by atoms with E-state index in [-0.39, 0.29) is 71.2 Å². The maximum absolute atomic E-state index is 15.3. The van der Waals surface area contributed by atoms with Crippen LogP contribution < -0.4 is 9.47 Å². The lowest BCUT2D eigenvalue weighted by Crippen LogP contribution is -2.10. The Morgan fingerprint density at radius 1 is 0.319 bits per heavy atom. The molecule has 4 N–H and O–H groups in total. The first-order valence-electron chi connectivity index (χ1n) is 28.0. The summed E-state index contributed by atoms with van der Waals surface area (Å²) in [5.41, 5.74) is 4.35. The van der Waals surface area contributed by atoms with Gasteiger partial charge in [-0.15, -0.1) is 0 Å². The highest BCUT2D eigenvalue weighted by Gasteiger charge is 2.37. The number of hydrogen-bond donors (Lipinski definition) is 4. The molecular formula is C70H51F3O16S5. The number of sulfone groups is 1. The maximum Gasteiger partial charge on any atom is 0.420 e. The second kappa shape index (κ2) is 25.0. The number of rotatable bonds is 17. The fraction of sp³-hybridized carbons (Fsp3) is 0.0571. The predicted octanol–water partition coefficient (Wildman–Crippen LogP) is 16.3. The van der Waals surface area contributed by atoms with E-state index in [1.165, 1.54) is 86.0 Å². The number of methoxy groups -OCH3 is 1. The van der Waals surface area contributed by atoms with Crippen molar-refractivity contribution >= 4 is 50.3 Å². The lowest BCUT2D eigenvalue weighted by Gasteiger charge is -2.29. The number of alkyl halides is 3. The molecule has 478 valence electrons. The molecule has 0 radical (unpaired) electrons. The lowest BCUT2D eigenvalue weighted by atomic mass is 9.74. The Kier molecular flexibility index (Phi) is 17.5. The zero-order valence-corrected chi connectivity index (χ0v) is 53.4. The van der Waals surface area contributed by atoms with E-state index in [9.17, 15) is 60.3 Å². The Morgan fingerprint density at radius 3 is 1.02 bits per heavy atom. The summed E-state index contributed by atoms with van der Waals surface area (Å²) in [6.45, 7) is 3.92. The topological polar surface area (TPSA) is 270 Å². The minimum absolute atomic E-state index is 0.00379. The van der Waals surface area contributed by atoms with E-state index in [0.29, 0.717) is 28.0 Å². The van der Waals surface area contributed by atoms with E-state index in [2.05, 4.69) is 0 Å². The monoisotopic (exact) mass is 1360 g/mol. The van der Waals surface area contributed by atoms with Crippen molar-refractivity contribution in [3.8, 4) is 106 Å². The Morgan fingerprint density at radius 2 is 0.649 bits per heavy atom. The average molecular weight is 1370 g/mol. The molecule has 0 unspecified atom stereocenters. The van der Waals surface area contributed by atoms with Gasteiger partial charge in [0, 0.05) is 0 Å². The minimum atomic E-state index is -5.57. The van der Waals surface area contributed by atoms with Crippen molar-refractivity contribution in [2.45, 2.75) is 49.4 Å². The summed E-state index contributed by atoms with van der Waals surface area (Å²) < 4.78 is 232. The quantitative estimate of drug-likeness (QED) is 0.0617. The molecule has 0 aliphatic carbocycles. The highest BCUT2D eigenvalue weighted by molar-refractivity contribution is 7.91. The van der Waals surface area contributed by atoms with Gasteiger partial charge in [0.1, 0.15) is 36.8 Å². The largest absolute Gasteiger partial charge is 0.497 e. The highest BCUT2D eigenvalue weighted by atomic mass is 32.2. The Hall–Kier alpha value is -9.60. The zero-order valence-electron chi connectivity index (χ0n) is 49.3. The van der Waals surface area contributed by atoms with Crippen LogP contribution in [0.15, 0.2) is 260 Å². The zero-order chi connectivity index (χ0) is 67.5. The maximum atomic E-state index is 15.3. The van der Waals surface area contributed by atoms with E-state index in [1.807, 2.05) is 44.2 Å². The molecule has 0 atom stereocenters. The molecule has 0 aliphatic rings. The SMILES string of the molecule is COc1ccc(S(=O)(=O)c2ccc(Oc3ccc(-c4ccc(-c5c(-c6ccc(S(=O)(=O)O)c(S(=O)(=O)O)c6)c(-c6ccccc6)c(-c6ccc(-c7ccc(C)c(C)c7)cc6)c(-c6ccccc6)c5-c5ccc(S(=O)(=O)O)c(S(=O)(=O)O)c5)cc4)cc3C(F)(F)F)cc2)cc1. The second-order valence-electron chi connectivity index (χ2n) is 21.6. The molecule has 0 fully saturated rings. The smallest absolute Gasteiger partial charge is 0.420 e. The third-order valence-electron chi connectivity index (χ3n) is 15.7. The van der Waals surface area contributed by atoms with Crippen LogP contribution in [0.5, 0.6) is 17.2 Å². The van der Waals surface area contributed by atoms with Gasteiger partial charge in [-0.2, -0.15) is 46.8 Å². The van der Waals surface area contributed by atoms with Gasteiger partial charge in [0.2, 0.25) is 9.84 Å². The summed E-state index contributed by atoms with van der Waals surface area (Å²) in [4.78, 5) is -5.25. The molecule has 0 aliphatic heterocycles. The van der Waals surface area contributed by atoms with Crippen LogP contribution in [0, 0.1) is 13.8 Å². The number of hydrogen-bond acceptors (Lipinski definition) is 12. The summed E-state index contributed by atoms with van der Waals surface area (Å²) in [6, 6.07) is 54.9. The standard InChI is InChI=1S/C70H51F3O16S5/c1-42-14-15-50(38-43(42)2)44-16-20-48(21-17-44)66-64(46-10-6-4-7-11-46)68(52-25-36-60(91(76,77)78)62(40-52)93(82,83)84)67(69(65(66)47-12-8-5-9-13-47)53-26-37-61(92(79,80)81)63(41-53)94(85,86)87)49-22-18-45(19-23-49)51-24-35-59(58(39-51)70(71,72)73)89-55-29-33-57(34-30-55)90(74,75)56-31-27-54(88-3)28-32-56/h4-41H,1-3H3,(H,76,77,78)(H,79,80,81)(H,82,83,84)(H,85,86,87). The van der Waals surface area contributed by atoms with Crippen molar-refractivity contribution < 1.29 is 82.9 Å². The van der Waals surface area contributed by atoms with E-state index >= 15 is 13.2 Å². The van der Waals surface area contributed by atoms with Gasteiger partial charge in [0.25, 0.3) is 40.5 Å². The normalized spacial score (nSPS) is 12.4. The third-order valence-corrected chi connectivity index (χ3v) is 21.4. The van der Waals surface area contributed by atoms with Gasteiger partial charge in [0.05, 0.1) is 22.5 Å². The third kappa shape index (κ3) is 13.3. The van der Waals surface area contributed by atoms with E-state index in [0.717, 1.165) is 70.8 Å². The van der Waals surface area contributed by atoms with E-state index in [4.69, 9.17) is 9.47 Å². The van der Waals surface area contributed by atoms with Crippen LogP contribution in [0.2, 0.25) is 0 Å². The molecule has 11 aromatic carbocycles. The first kappa shape index (κ1) is 65.9. The van der Waals surface area contributed by atoms with Crippen molar-refractivity contribution in [3.05, 3.63) is 247 Å². The van der Waals surface area contributed by atoms with Gasteiger partial charge in [-0.05, 0) is 199 Å². The summed E-state index contributed by atoms with van der Waals surface area (Å²) in [5.74, 6) is -0.373. The molecule has 11 rings (SSSR count). The van der Waals surface area contributed by atoms with Crippen molar-refractivity contribution in [2.24, 2.45) is 0 Å². The molecule has 16 nitrogen and oxygen atoms in total. The Labute approximate surface area is 539 Å². The minimum Gasteiger partial charge on any atom is -0.497 e. The number of ether oxygens (including phenoxy) is 2. The lowest BCUT2D eigenvalue weighted by molar-refractivity contribution is -0.138. The Bertz CT molecular complexity index is 5230. The predicted molar refractivity (Wildman–Crippen MR) is 349 cm³/mol. The van der Waals surface area contributed by atoms with Gasteiger partial charge < -0.3 is 9.47 Å². The van der Waals surface area contributed by atoms with E-state index < -0.39 is 87.4 Å². The molecule has 0 heterocycles. The van der Waals surface area contributed by atoms with Gasteiger partial charge in [-0.25, -0.2) is 8.42 Å². The fourth-order valence-corrected chi connectivity index (χ4v) is 16.0.